The minimum absolute atomic E-state index is 0.342. The van der Waals surface area contributed by atoms with Crippen molar-refractivity contribution in [3.05, 3.63) is 0 Å². The highest BCUT2D eigenvalue weighted by atomic mass is 16.8. The summed E-state index contributed by atoms with van der Waals surface area (Å²) in [6, 6.07) is 0. The number of ether oxygens (including phenoxy) is 9. The predicted octanol–water partition coefficient (Wildman–Crippen LogP) is 1.09. The molecule has 1 amide bonds. The molecule has 0 bridgehead atoms. The van der Waals surface area contributed by atoms with Crippen molar-refractivity contribution in [2.75, 3.05) is 13.7 Å². The van der Waals surface area contributed by atoms with Crippen LogP contribution in [0.15, 0.2) is 0 Å². The van der Waals surface area contributed by atoms with E-state index in [4.69, 9.17) is 42.6 Å². The lowest BCUT2D eigenvalue weighted by Crippen LogP contribution is -2.66. The maximum absolute atomic E-state index is 12.3. The van der Waals surface area contributed by atoms with Gasteiger partial charge in [-0.3, -0.25) is 24.0 Å². The fraction of sp³-hybridized carbons (Fsp3) is 0.793. The van der Waals surface area contributed by atoms with Gasteiger partial charge in [0.25, 0.3) is 0 Å². The Morgan fingerprint density at radius 2 is 1.16 bits per heavy atom. The van der Waals surface area contributed by atoms with Crippen molar-refractivity contribution >= 4 is 35.9 Å². The van der Waals surface area contributed by atoms with Crippen molar-refractivity contribution in [2.45, 2.75) is 128 Å². The molecule has 2 heterocycles. The zero-order valence-corrected chi connectivity index (χ0v) is 26.5. The third-order valence-corrected chi connectivity index (χ3v) is 7.65. The number of nitrogens with one attached hydrogen (secondary N) is 1. The number of hydrogen-bond donors (Lipinski definition) is 1. The van der Waals surface area contributed by atoms with Gasteiger partial charge in [0.05, 0.1) is 12.2 Å². The molecule has 45 heavy (non-hydrogen) atoms. The van der Waals surface area contributed by atoms with Crippen molar-refractivity contribution in [3.63, 3.8) is 0 Å². The average molecular weight is 646 g/mol. The van der Waals surface area contributed by atoms with E-state index in [0.717, 1.165) is 40.0 Å². The van der Waals surface area contributed by atoms with Gasteiger partial charge < -0.3 is 47.9 Å². The first-order valence-corrected chi connectivity index (χ1v) is 14.9. The molecule has 10 atom stereocenters. The minimum Gasteiger partial charge on any atom is -0.463 e. The van der Waals surface area contributed by atoms with Gasteiger partial charge >= 0.3 is 35.9 Å². The fourth-order valence-electron chi connectivity index (χ4n) is 5.64. The number of carbonyl (C=O) groups is 6. The molecular formula is C29H43NO15. The summed E-state index contributed by atoms with van der Waals surface area (Å²) in [5.41, 5.74) is 0. The summed E-state index contributed by atoms with van der Waals surface area (Å²) in [6.07, 6.45) is -9.56. The van der Waals surface area contributed by atoms with Crippen molar-refractivity contribution in [3.8, 4) is 0 Å². The van der Waals surface area contributed by atoms with Gasteiger partial charge in [0.2, 0.25) is 0 Å². The van der Waals surface area contributed by atoms with Crippen LogP contribution in [0.4, 0.5) is 4.79 Å². The third kappa shape index (κ3) is 9.99. The molecule has 1 unspecified atom stereocenters. The summed E-state index contributed by atoms with van der Waals surface area (Å²) in [5, 5.41) is 2.27. The Kier molecular flexibility index (Phi) is 12.9. The summed E-state index contributed by atoms with van der Waals surface area (Å²) in [4.78, 5) is 73.0. The van der Waals surface area contributed by atoms with E-state index in [2.05, 4.69) is 5.32 Å². The van der Waals surface area contributed by atoms with Crippen LogP contribution in [0.25, 0.3) is 0 Å². The van der Waals surface area contributed by atoms with Crippen LogP contribution in [0, 0.1) is 5.92 Å². The highest BCUT2D eigenvalue weighted by Crippen LogP contribution is 2.39. The molecule has 2 aliphatic heterocycles. The second-order valence-corrected chi connectivity index (χ2v) is 11.3. The van der Waals surface area contributed by atoms with Crippen LogP contribution in [-0.2, 0) is 66.6 Å². The predicted molar refractivity (Wildman–Crippen MR) is 148 cm³/mol. The monoisotopic (exact) mass is 645 g/mol. The smallest absolute Gasteiger partial charge is 0.407 e. The Hall–Kier alpha value is -3.50. The molecule has 1 aliphatic carbocycles. The molecule has 3 fully saturated rings. The Morgan fingerprint density at radius 3 is 1.64 bits per heavy atom. The highest BCUT2D eigenvalue weighted by Gasteiger charge is 2.56. The van der Waals surface area contributed by atoms with Crippen LogP contribution in [0.5, 0.6) is 0 Å². The Labute approximate surface area is 260 Å². The molecule has 0 radical (unpaired) electrons. The zero-order chi connectivity index (χ0) is 33.4. The van der Waals surface area contributed by atoms with Crippen LogP contribution < -0.4 is 5.32 Å². The normalized spacial score (nSPS) is 33.0. The van der Waals surface area contributed by atoms with Crippen molar-refractivity contribution in [2.24, 2.45) is 5.92 Å². The van der Waals surface area contributed by atoms with Gasteiger partial charge in [-0.15, -0.1) is 0 Å². The number of rotatable bonds is 11. The van der Waals surface area contributed by atoms with E-state index in [-0.39, 0.29) is 0 Å². The van der Waals surface area contributed by atoms with E-state index >= 15 is 0 Å². The molecule has 1 N–H and O–H groups in total. The van der Waals surface area contributed by atoms with E-state index < -0.39 is 104 Å². The van der Waals surface area contributed by atoms with Gasteiger partial charge in [0, 0.05) is 41.7 Å². The van der Waals surface area contributed by atoms with Crippen LogP contribution in [0.1, 0.15) is 67.2 Å². The number of esters is 5. The van der Waals surface area contributed by atoms with Gasteiger partial charge in [-0.2, -0.15) is 0 Å². The SMILES string of the molecule is CNC(=O)O[C@H]1[C@H](OC(C)=O)[C@H](OC(C)=O)[C@@H](O[C@@H]2C(C)O[C@@H](CC3CCC3)[C@@H](OC(C)=O)[C@@H]2OC(C)=O)O[C@@H]1COC(C)=O. The quantitative estimate of drug-likeness (QED) is 0.247. The van der Waals surface area contributed by atoms with Crippen molar-refractivity contribution in [1.29, 1.82) is 0 Å². The topological polar surface area (TPSA) is 198 Å². The summed E-state index contributed by atoms with van der Waals surface area (Å²) in [7, 11) is 1.29. The highest BCUT2D eigenvalue weighted by molar-refractivity contribution is 5.69. The van der Waals surface area contributed by atoms with Gasteiger partial charge in [0.15, 0.2) is 36.8 Å². The largest absolute Gasteiger partial charge is 0.463 e. The molecule has 0 aromatic heterocycles. The number of hydrogen-bond acceptors (Lipinski definition) is 15. The molecule has 16 heteroatoms. The van der Waals surface area contributed by atoms with E-state index in [9.17, 15) is 28.8 Å². The molecule has 254 valence electrons. The van der Waals surface area contributed by atoms with Crippen LogP contribution in [0.2, 0.25) is 0 Å². The molecule has 0 aromatic rings. The Morgan fingerprint density at radius 1 is 0.644 bits per heavy atom. The van der Waals surface area contributed by atoms with Crippen LogP contribution in [0.3, 0.4) is 0 Å². The molecule has 3 rings (SSSR count). The van der Waals surface area contributed by atoms with Crippen LogP contribution >= 0.6 is 0 Å². The van der Waals surface area contributed by atoms with E-state index in [1.54, 1.807) is 6.92 Å². The summed E-state index contributed by atoms with van der Waals surface area (Å²) in [5.74, 6) is -3.32. The molecule has 0 aromatic carbocycles. The average Bonchev–Trinajstić information content (AvgIpc) is 2.90. The van der Waals surface area contributed by atoms with E-state index in [1.165, 1.54) is 20.9 Å². The first-order valence-electron chi connectivity index (χ1n) is 14.9. The first kappa shape index (κ1) is 36.0. The minimum atomic E-state index is -1.58. The van der Waals surface area contributed by atoms with E-state index in [1.807, 2.05) is 0 Å². The van der Waals surface area contributed by atoms with Gasteiger partial charge in [-0.25, -0.2) is 4.79 Å². The molecule has 16 nitrogen and oxygen atoms in total. The lowest BCUT2D eigenvalue weighted by Gasteiger charge is -2.49. The van der Waals surface area contributed by atoms with Crippen LogP contribution in [-0.4, -0.2) is 111 Å². The first-order chi connectivity index (χ1) is 21.2. The van der Waals surface area contributed by atoms with Gasteiger partial charge in [0.1, 0.15) is 18.8 Å². The number of carbonyl (C=O) groups excluding carboxylic acids is 6. The molecule has 1 saturated carbocycles. The second-order valence-electron chi connectivity index (χ2n) is 11.3. The lowest BCUT2D eigenvalue weighted by molar-refractivity contribution is -0.341. The van der Waals surface area contributed by atoms with Crippen molar-refractivity contribution < 1.29 is 71.4 Å². The fourth-order valence-corrected chi connectivity index (χ4v) is 5.64. The van der Waals surface area contributed by atoms with E-state index in [0.29, 0.717) is 12.3 Å². The summed E-state index contributed by atoms with van der Waals surface area (Å²) in [6.45, 7) is 6.93. The molecular weight excluding hydrogens is 602 g/mol. The maximum Gasteiger partial charge on any atom is 0.407 e. The number of alkyl carbamates (subject to hydrolysis) is 1. The second kappa shape index (κ2) is 16.2. The zero-order valence-electron chi connectivity index (χ0n) is 26.5. The Balaban J connectivity index is 2.03. The lowest BCUT2D eigenvalue weighted by atomic mass is 9.79. The molecule has 2 saturated heterocycles. The third-order valence-electron chi connectivity index (χ3n) is 7.65. The summed E-state index contributed by atoms with van der Waals surface area (Å²) < 4.78 is 51.5. The number of amides is 1. The van der Waals surface area contributed by atoms with Gasteiger partial charge in [-0.05, 0) is 19.3 Å². The van der Waals surface area contributed by atoms with Gasteiger partial charge in [-0.1, -0.05) is 19.3 Å². The van der Waals surface area contributed by atoms with Crippen molar-refractivity contribution in [1.82, 2.24) is 5.32 Å². The Bertz CT molecular complexity index is 1090. The standard InChI is InChI=1S/C29H43NO15/c1-13-22(25(40-16(4)33)23(39-15(3)32)20(38-13)11-19-9-8-10-19)44-28-27(42-18(6)35)26(41-17(5)34)24(45-29(36)30-7)21(43-28)12-37-14(2)31/h13,19-28H,8-12H2,1-7H3,(H,30,36)/t13?,20-,21+,22+,23+,24+,25+,26-,27-,28+/m0/s1. The maximum atomic E-state index is 12.3. The molecule has 3 aliphatic rings. The molecule has 0 spiro atoms. The summed E-state index contributed by atoms with van der Waals surface area (Å²) >= 11 is 0.